The van der Waals surface area contributed by atoms with E-state index in [1.54, 1.807) is 0 Å². The molecule has 6 heteroatoms. The molecule has 0 spiro atoms. The summed E-state index contributed by atoms with van der Waals surface area (Å²) in [6.45, 7) is 0. The molecule has 0 aliphatic heterocycles. The van der Waals surface area contributed by atoms with Gasteiger partial charge in [0.25, 0.3) is 0 Å². The standard InChI is InChI=1S/C12H9ClFNO3/c1-17-8-4-3-7(14)11-9(8)10(13)6(5-15-11)12(16)18-2/h3-5H,1-2H3. The molecule has 0 atom stereocenters. The van der Waals surface area contributed by atoms with Crippen molar-refractivity contribution in [2.24, 2.45) is 0 Å². The lowest BCUT2D eigenvalue weighted by Gasteiger charge is -2.09. The highest BCUT2D eigenvalue weighted by Gasteiger charge is 2.19. The van der Waals surface area contributed by atoms with Crippen molar-refractivity contribution in [3.8, 4) is 5.75 Å². The van der Waals surface area contributed by atoms with Gasteiger partial charge in [-0.05, 0) is 12.1 Å². The highest BCUT2D eigenvalue weighted by atomic mass is 35.5. The monoisotopic (exact) mass is 269 g/mol. The molecule has 0 unspecified atom stereocenters. The highest BCUT2D eigenvalue weighted by Crippen LogP contribution is 2.34. The van der Waals surface area contributed by atoms with Crippen molar-refractivity contribution < 1.29 is 18.7 Å². The van der Waals surface area contributed by atoms with Crippen LogP contribution in [0.3, 0.4) is 0 Å². The van der Waals surface area contributed by atoms with E-state index < -0.39 is 11.8 Å². The average Bonchev–Trinajstić information content (AvgIpc) is 2.39. The molecule has 1 heterocycles. The minimum atomic E-state index is -0.638. The minimum Gasteiger partial charge on any atom is -0.496 e. The number of aromatic nitrogens is 1. The molecular weight excluding hydrogens is 261 g/mol. The SMILES string of the molecule is COC(=O)c1cnc2c(F)ccc(OC)c2c1Cl. The molecule has 1 aromatic heterocycles. The zero-order valence-corrected chi connectivity index (χ0v) is 10.4. The average molecular weight is 270 g/mol. The number of benzene rings is 1. The lowest BCUT2D eigenvalue weighted by atomic mass is 10.1. The van der Waals surface area contributed by atoms with Gasteiger partial charge in [0.15, 0.2) is 0 Å². The van der Waals surface area contributed by atoms with Crippen molar-refractivity contribution in [3.05, 3.63) is 34.7 Å². The van der Waals surface area contributed by atoms with Gasteiger partial charge in [-0.25, -0.2) is 9.18 Å². The van der Waals surface area contributed by atoms with Crippen molar-refractivity contribution in [1.29, 1.82) is 0 Å². The Morgan fingerprint density at radius 1 is 1.39 bits per heavy atom. The fourth-order valence-electron chi connectivity index (χ4n) is 1.63. The molecule has 0 fully saturated rings. The molecule has 0 saturated heterocycles. The van der Waals surface area contributed by atoms with Crippen LogP contribution in [0.2, 0.25) is 5.02 Å². The van der Waals surface area contributed by atoms with E-state index in [1.165, 1.54) is 32.5 Å². The Bertz CT molecular complexity index is 630. The van der Waals surface area contributed by atoms with Gasteiger partial charge in [0, 0.05) is 6.20 Å². The van der Waals surface area contributed by atoms with Crippen LogP contribution >= 0.6 is 11.6 Å². The van der Waals surface area contributed by atoms with Crippen LogP contribution in [0.15, 0.2) is 18.3 Å². The van der Waals surface area contributed by atoms with Gasteiger partial charge in [-0.3, -0.25) is 4.98 Å². The summed E-state index contributed by atoms with van der Waals surface area (Å²) < 4.78 is 23.3. The lowest BCUT2D eigenvalue weighted by molar-refractivity contribution is 0.0600. The molecule has 18 heavy (non-hydrogen) atoms. The van der Waals surface area contributed by atoms with E-state index in [1.807, 2.05) is 0 Å². The van der Waals surface area contributed by atoms with Gasteiger partial charge < -0.3 is 9.47 Å². The van der Waals surface area contributed by atoms with Gasteiger partial charge in [0.1, 0.15) is 17.1 Å². The zero-order chi connectivity index (χ0) is 13.3. The van der Waals surface area contributed by atoms with E-state index in [0.717, 1.165) is 0 Å². The van der Waals surface area contributed by atoms with Gasteiger partial charge in [-0.15, -0.1) is 0 Å². The second-order valence-electron chi connectivity index (χ2n) is 3.45. The number of ether oxygens (including phenoxy) is 2. The van der Waals surface area contributed by atoms with Crippen molar-refractivity contribution in [2.75, 3.05) is 14.2 Å². The van der Waals surface area contributed by atoms with E-state index in [-0.39, 0.29) is 21.5 Å². The molecule has 0 saturated carbocycles. The first-order chi connectivity index (χ1) is 8.60. The predicted octanol–water partition coefficient (Wildman–Crippen LogP) is 2.82. The van der Waals surface area contributed by atoms with Gasteiger partial charge in [0.2, 0.25) is 0 Å². The van der Waals surface area contributed by atoms with Crippen LogP contribution in [-0.2, 0) is 4.74 Å². The van der Waals surface area contributed by atoms with Crippen LogP contribution in [0.1, 0.15) is 10.4 Å². The summed E-state index contributed by atoms with van der Waals surface area (Å²) >= 11 is 6.08. The summed E-state index contributed by atoms with van der Waals surface area (Å²) in [6, 6.07) is 2.65. The van der Waals surface area contributed by atoms with Crippen molar-refractivity contribution >= 4 is 28.5 Å². The number of rotatable bonds is 2. The number of fused-ring (bicyclic) bond motifs is 1. The number of carbonyl (C=O) groups is 1. The Morgan fingerprint density at radius 2 is 2.11 bits per heavy atom. The van der Waals surface area contributed by atoms with Crippen LogP contribution < -0.4 is 4.74 Å². The normalized spacial score (nSPS) is 10.4. The number of methoxy groups -OCH3 is 2. The number of esters is 1. The van der Waals surface area contributed by atoms with Gasteiger partial charge >= 0.3 is 5.97 Å². The Hall–Kier alpha value is -1.88. The first-order valence-corrected chi connectivity index (χ1v) is 5.37. The van der Waals surface area contributed by atoms with Crippen LogP contribution in [0.5, 0.6) is 5.75 Å². The Morgan fingerprint density at radius 3 is 2.72 bits per heavy atom. The summed E-state index contributed by atoms with van der Waals surface area (Å²) in [7, 11) is 2.65. The van der Waals surface area contributed by atoms with E-state index >= 15 is 0 Å². The molecule has 0 bridgehead atoms. The number of pyridine rings is 1. The van der Waals surface area contributed by atoms with Gasteiger partial charge in [0.05, 0.1) is 30.2 Å². The third-order valence-corrected chi connectivity index (χ3v) is 2.89. The third kappa shape index (κ3) is 1.86. The summed E-state index contributed by atoms with van der Waals surface area (Å²) in [4.78, 5) is 15.4. The fraction of sp³-hybridized carbons (Fsp3) is 0.167. The summed E-state index contributed by atoms with van der Waals surface area (Å²) in [6.07, 6.45) is 1.18. The van der Waals surface area contributed by atoms with Gasteiger partial charge in [-0.2, -0.15) is 0 Å². The number of hydrogen-bond acceptors (Lipinski definition) is 4. The number of halogens is 2. The van der Waals surface area contributed by atoms with Crippen LogP contribution in [0.4, 0.5) is 4.39 Å². The van der Waals surface area contributed by atoms with Crippen LogP contribution in [-0.4, -0.2) is 25.2 Å². The van der Waals surface area contributed by atoms with Crippen LogP contribution in [0.25, 0.3) is 10.9 Å². The van der Waals surface area contributed by atoms with E-state index in [2.05, 4.69) is 9.72 Å². The Labute approximate surface area is 107 Å². The van der Waals surface area contributed by atoms with Crippen molar-refractivity contribution in [1.82, 2.24) is 4.98 Å². The first kappa shape index (κ1) is 12.6. The molecule has 0 aliphatic rings. The number of hydrogen-bond donors (Lipinski definition) is 0. The molecule has 4 nitrogen and oxygen atoms in total. The molecule has 0 aliphatic carbocycles. The molecule has 0 N–H and O–H groups in total. The topological polar surface area (TPSA) is 48.4 Å². The third-order valence-electron chi connectivity index (χ3n) is 2.49. The van der Waals surface area contributed by atoms with Crippen LogP contribution in [0, 0.1) is 5.82 Å². The van der Waals surface area contributed by atoms with E-state index in [0.29, 0.717) is 5.75 Å². The minimum absolute atomic E-state index is 0.0482. The molecular formula is C12H9ClFNO3. The summed E-state index contributed by atoms with van der Waals surface area (Å²) in [5, 5.41) is 0.310. The smallest absolute Gasteiger partial charge is 0.340 e. The maximum atomic E-state index is 13.6. The maximum Gasteiger partial charge on any atom is 0.340 e. The molecule has 0 amide bonds. The highest BCUT2D eigenvalue weighted by molar-refractivity contribution is 6.38. The first-order valence-electron chi connectivity index (χ1n) is 4.99. The fourth-order valence-corrected chi connectivity index (χ4v) is 1.94. The summed E-state index contributed by atoms with van der Waals surface area (Å²) in [5.41, 5.74) is 0.113. The van der Waals surface area contributed by atoms with Gasteiger partial charge in [-0.1, -0.05) is 11.6 Å². The molecule has 2 aromatic rings. The predicted molar refractivity (Wildman–Crippen MR) is 64.6 cm³/mol. The largest absolute Gasteiger partial charge is 0.496 e. The van der Waals surface area contributed by atoms with E-state index in [9.17, 15) is 9.18 Å². The second-order valence-corrected chi connectivity index (χ2v) is 3.83. The lowest BCUT2D eigenvalue weighted by Crippen LogP contribution is -2.04. The molecule has 0 radical (unpaired) electrons. The van der Waals surface area contributed by atoms with Crippen molar-refractivity contribution in [2.45, 2.75) is 0 Å². The molecule has 94 valence electrons. The quantitative estimate of drug-likeness (QED) is 0.787. The number of carbonyl (C=O) groups excluding carboxylic acids is 1. The zero-order valence-electron chi connectivity index (χ0n) is 9.66. The maximum absolute atomic E-state index is 13.6. The molecule has 1 aromatic carbocycles. The number of nitrogens with zero attached hydrogens (tertiary/aromatic N) is 1. The molecule has 2 rings (SSSR count). The second kappa shape index (κ2) is 4.78. The van der Waals surface area contributed by atoms with Crippen molar-refractivity contribution in [3.63, 3.8) is 0 Å². The van der Waals surface area contributed by atoms with E-state index in [4.69, 9.17) is 16.3 Å². The Kier molecular flexibility index (Phi) is 3.34. The summed E-state index contributed by atoms with van der Waals surface area (Å²) in [5.74, 6) is -0.834. The Balaban J connectivity index is 2.84.